The zero-order valence-corrected chi connectivity index (χ0v) is 20.6. The van der Waals surface area contributed by atoms with Crippen molar-refractivity contribution in [3.05, 3.63) is 48.3 Å². The second kappa shape index (κ2) is 14.4. The Labute approximate surface area is 193 Å². The van der Waals surface area contributed by atoms with Gasteiger partial charge in [0.1, 0.15) is 0 Å². The number of halogens is 1. The Hall–Kier alpha value is -1.61. The molecule has 0 aliphatic carbocycles. The molecule has 0 saturated heterocycles. The largest absolute Gasteiger partial charge is 0.356 e. The summed E-state index contributed by atoms with van der Waals surface area (Å²) >= 11 is 0. The minimum absolute atomic E-state index is 0. The molecule has 7 heteroatoms. The molecule has 1 unspecified atom stereocenters. The van der Waals surface area contributed by atoms with Crippen LogP contribution in [0.4, 0.5) is 0 Å². The summed E-state index contributed by atoms with van der Waals surface area (Å²) in [6, 6.07) is 10.6. The Kier molecular flexibility index (Phi) is 12.6. The van der Waals surface area contributed by atoms with Crippen LogP contribution < -0.4 is 10.6 Å². The fraction of sp³-hybridized carbons (Fsp3) is 0.545. The smallest absolute Gasteiger partial charge is 0.191 e. The first-order chi connectivity index (χ1) is 13.7. The summed E-state index contributed by atoms with van der Waals surface area (Å²) in [6.07, 6.45) is 7.26. The van der Waals surface area contributed by atoms with Gasteiger partial charge in [-0.25, -0.2) is 4.68 Å². The highest BCUT2D eigenvalue weighted by Crippen LogP contribution is 2.07. The molecule has 2 aromatic rings. The zero-order valence-electron chi connectivity index (χ0n) is 18.3. The fourth-order valence-corrected chi connectivity index (χ4v) is 3.20. The summed E-state index contributed by atoms with van der Waals surface area (Å²) in [6.45, 7) is 10.9. The van der Waals surface area contributed by atoms with Crippen LogP contribution in [0.5, 0.6) is 0 Å². The maximum Gasteiger partial charge on any atom is 0.191 e. The first kappa shape index (κ1) is 25.4. The molecular formula is C22H37IN6. The van der Waals surface area contributed by atoms with Crippen molar-refractivity contribution in [1.82, 2.24) is 25.3 Å². The molecule has 2 N–H and O–H groups in total. The maximum atomic E-state index is 4.45. The summed E-state index contributed by atoms with van der Waals surface area (Å²) in [7, 11) is 1.82. The van der Waals surface area contributed by atoms with Crippen molar-refractivity contribution in [1.29, 1.82) is 0 Å². The van der Waals surface area contributed by atoms with Crippen molar-refractivity contribution in [3.8, 4) is 5.69 Å². The molecule has 0 aliphatic rings. The summed E-state index contributed by atoms with van der Waals surface area (Å²) < 4.78 is 1.92. The number of rotatable bonds is 11. The minimum Gasteiger partial charge on any atom is -0.356 e. The molecule has 0 radical (unpaired) electrons. The van der Waals surface area contributed by atoms with Crippen molar-refractivity contribution >= 4 is 29.9 Å². The molecule has 0 amide bonds. The molecule has 0 bridgehead atoms. The van der Waals surface area contributed by atoms with Crippen LogP contribution in [0.25, 0.3) is 5.69 Å². The maximum absolute atomic E-state index is 4.45. The predicted octanol–water partition coefficient (Wildman–Crippen LogP) is 3.71. The van der Waals surface area contributed by atoms with E-state index < -0.39 is 0 Å². The molecule has 1 aromatic heterocycles. The number of nitrogens with one attached hydrogen (secondary N) is 2. The van der Waals surface area contributed by atoms with E-state index in [1.807, 2.05) is 36.1 Å². The Morgan fingerprint density at radius 2 is 1.93 bits per heavy atom. The van der Waals surface area contributed by atoms with E-state index in [0.29, 0.717) is 6.04 Å². The van der Waals surface area contributed by atoms with Crippen molar-refractivity contribution in [2.24, 2.45) is 4.99 Å². The zero-order chi connectivity index (χ0) is 20.2. The van der Waals surface area contributed by atoms with E-state index in [1.165, 1.54) is 12.0 Å². The number of aliphatic imine (C=N–C) groups is 1. The van der Waals surface area contributed by atoms with Crippen molar-refractivity contribution < 1.29 is 0 Å². The van der Waals surface area contributed by atoms with Gasteiger partial charge in [0.05, 0.1) is 11.9 Å². The first-order valence-corrected chi connectivity index (χ1v) is 10.4. The molecule has 162 valence electrons. The van der Waals surface area contributed by atoms with E-state index in [1.54, 1.807) is 0 Å². The average Bonchev–Trinajstić information content (AvgIpc) is 3.20. The van der Waals surface area contributed by atoms with Crippen LogP contribution in [0.15, 0.2) is 47.7 Å². The van der Waals surface area contributed by atoms with E-state index in [0.717, 1.165) is 50.7 Å². The Bertz CT molecular complexity index is 696. The molecule has 0 aliphatic heterocycles. The third-order valence-corrected chi connectivity index (χ3v) is 4.98. The van der Waals surface area contributed by atoms with Crippen LogP contribution in [0.2, 0.25) is 0 Å². The normalized spacial score (nSPS) is 12.5. The molecule has 0 fully saturated rings. The van der Waals surface area contributed by atoms with Crippen molar-refractivity contribution in [2.75, 3.05) is 33.2 Å². The van der Waals surface area contributed by atoms with Crippen LogP contribution >= 0.6 is 24.0 Å². The number of nitrogens with zero attached hydrogens (tertiary/aromatic N) is 4. The number of hydrogen-bond acceptors (Lipinski definition) is 3. The topological polar surface area (TPSA) is 57.5 Å². The third-order valence-electron chi connectivity index (χ3n) is 4.98. The van der Waals surface area contributed by atoms with Crippen LogP contribution in [0.1, 0.15) is 39.2 Å². The molecule has 0 saturated carbocycles. The summed E-state index contributed by atoms with van der Waals surface area (Å²) in [5.74, 6) is 0.866. The van der Waals surface area contributed by atoms with E-state index in [9.17, 15) is 0 Å². The number of guanidine groups is 1. The predicted molar refractivity (Wildman–Crippen MR) is 134 cm³/mol. The Morgan fingerprint density at radius 3 is 2.59 bits per heavy atom. The van der Waals surface area contributed by atoms with Crippen LogP contribution in [0.3, 0.4) is 0 Å². The van der Waals surface area contributed by atoms with Crippen molar-refractivity contribution in [2.45, 2.75) is 46.1 Å². The van der Waals surface area contributed by atoms with Gasteiger partial charge < -0.3 is 15.5 Å². The lowest BCUT2D eigenvalue weighted by molar-refractivity contribution is 0.292. The van der Waals surface area contributed by atoms with Gasteiger partial charge in [-0.2, -0.15) is 5.10 Å². The monoisotopic (exact) mass is 512 g/mol. The molecule has 6 nitrogen and oxygen atoms in total. The molecule has 1 heterocycles. The van der Waals surface area contributed by atoms with E-state index in [-0.39, 0.29) is 24.0 Å². The summed E-state index contributed by atoms with van der Waals surface area (Å²) in [5.41, 5.74) is 2.29. The van der Waals surface area contributed by atoms with Crippen LogP contribution in [0, 0.1) is 0 Å². The van der Waals surface area contributed by atoms with Crippen LogP contribution in [-0.2, 0) is 6.42 Å². The molecule has 1 atom stereocenters. The van der Waals surface area contributed by atoms with Gasteiger partial charge in [0.15, 0.2) is 5.96 Å². The van der Waals surface area contributed by atoms with Crippen LogP contribution in [-0.4, -0.2) is 59.9 Å². The number of benzene rings is 1. The number of hydrogen-bond donors (Lipinski definition) is 2. The second-order valence-electron chi connectivity index (χ2n) is 7.09. The summed E-state index contributed by atoms with van der Waals surface area (Å²) in [5, 5.41) is 11.4. The fourth-order valence-electron chi connectivity index (χ4n) is 3.20. The SMILES string of the molecule is CCN(CC)CCCC(C)NC(=NC)NCCc1cnn(-c2ccccc2)c1.I. The summed E-state index contributed by atoms with van der Waals surface area (Å²) in [4.78, 5) is 6.82. The quantitative estimate of drug-likeness (QED) is 0.274. The minimum atomic E-state index is 0. The van der Waals surface area contributed by atoms with E-state index in [4.69, 9.17) is 0 Å². The highest BCUT2D eigenvalue weighted by molar-refractivity contribution is 14.0. The molecule has 0 spiro atoms. The van der Waals surface area contributed by atoms with Gasteiger partial charge in [0.2, 0.25) is 0 Å². The Balaban J connectivity index is 0.00000420. The van der Waals surface area contributed by atoms with Crippen molar-refractivity contribution in [3.63, 3.8) is 0 Å². The molecule has 29 heavy (non-hydrogen) atoms. The lowest BCUT2D eigenvalue weighted by atomic mass is 10.2. The standard InChI is InChI=1S/C22H36N6.HI/c1-5-27(6-2)16-10-11-19(3)26-22(23-4)24-15-14-20-17-25-28(18-20)21-12-8-7-9-13-21;/h7-9,12-13,17-19H,5-6,10-11,14-16H2,1-4H3,(H2,23,24,26);1H. The molecule has 1 aromatic carbocycles. The number of para-hydroxylation sites is 1. The average molecular weight is 512 g/mol. The van der Waals surface area contributed by atoms with Gasteiger partial charge in [0.25, 0.3) is 0 Å². The lowest BCUT2D eigenvalue weighted by Gasteiger charge is -2.21. The second-order valence-corrected chi connectivity index (χ2v) is 7.09. The van der Waals surface area contributed by atoms with E-state index >= 15 is 0 Å². The number of aromatic nitrogens is 2. The van der Waals surface area contributed by atoms with Gasteiger partial charge >= 0.3 is 0 Å². The third kappa shape index (κ3) is 9.16. The molecule has 2 rings (SSSR count). The lowest BCUT2D eigenvalue weighted by Crippen LogP contribution is -2.43. The highest BCUT2D eigenvalue weighted by atomic mass is 127. The first-order valence-electron chi connectivity index (χ1n) is 10.4. The Morgan fingerprint density at radius 1 is 1.21 bits per heavy atom. The van der Waals surface area contributed by atoms with Gasteiger partial charge in [0, 0.05) is 25.8 Å². The molecular weight excluding hydrogens is 475 g/mol. The van der Waals surface area contributed by atoms with Gasteiger partial charge in [-0.05, 0) is 63.5 Å². The van der Waals surface area contributed by atoms with Gasteiger partial charge in [-0.3, -0.25) is 4.99 Å². The van der Waals surface area contributed by atoms with Gasteiger partial charge in [-0.1, -0.05) is 32.0 Å². The van der Waals surface area contributed by atoms with Gasteiger partial charge in [-0.15, -0.1) is 24.0 Å². The van der Waals surface area contributed by atoms with E-state index in [2.05, 4.69) is 64.7 Å². The highest BCUT2D eigenvalue weighted by Gasteiger charge is 2.07.